The van der Waals surface area contributed by atoms with Gasteiger partial charge >= 0.3 is 0 Å². The first-order valence-corrected chi connectivity index (χ1v) is 8.02. The third kappa shape index (κ3) is 4.29. The lowest BCUT2D eigenvalue weighted by Crippen LogP contribution is -2.07. The van der Waals surface area contributed by atoms with Gasteiger partial charge in [0.1, 0.15) is 5.82 Å². The third-order valence-corrected chi connectivity index (χ3v) is 3.59. The van der Waals surface area contributed by atoms with Crippen LogP contribution in [-0.4, -0.2) is 16.5 Å². The van der Waals surface area contributed by atoms with Crippen molar-refractivity contribution < 1.29 is 8.78 Å². The van der Waals surface area contributed by atoms with Crippen molar-refractivity contribution in [3.63, 3.8) is 0 Å². The van der Waals surface area contributed by atoms with Crippen molar-refractivity contribution >= 4 is 11.8 Å². The number of benzene rings is 2. The molecule has 0 atom stereocenters. The van der Waals surface area contributed by atoms with Gasteiger partial charge in [-0.3, -0.25) is 0 Å². The predicted octanol–water partition coefficient (Wildman–Crippen LogP) is 4.47. The van der Waals surface area contributed by atoms with Crippen molar-refractivity contribution in [3.8, 4) is 11.3 Å². The van der Waals surface area contributed by atoms with Gasteiger partial charge in [0.25, 0.3) is 0 Å². The van der Waals surface area contributed by atoms with E-state index in [1.165, 1.54) is 12.1 Å². The van der Waals surface area contributed by atoms with E-state index in [0.29, 0.717) is 30.4 Å². The first-order valence-electron chi connectivity index (χ1n) is 8.02. The second-order valence-corrected chi connectivity index (χ2v) is 5.46. The molecule has 0 bridgehead atoms. The molecule has 2 aromatic carbocycles. The maximum Gasteiger partial charge on any atom is 0.225 e. The highest BCUT2D eigenvalue weighted by Gasteiger charge is 2.07. The number of rotatable bonds is 6. The molecule has 0 saturated heterocycles. The van der Waals surface area contributed by atoms with Crippen LogP contribution in [0.2, 0.25) is 0 Å². The van der Waals surface area contributed by atoms with Gasteiger partial charge in [-0.2, -0.15) is 4.98 Å². The number of nitrogens with zero attached hydrogens (tertiary/aromatic N) is 2. The van der Waals surface area contributed by atoms with Gasteiger partial charge in [-0.05, 0) is 24.6 Å². The van der Waals surface area contributed by atoms with Crippen LogP contribution in [0.5, 0.6) is 0 Å². The third-order valence-electron chi connectivity index (χ3n) is 3.59. The van der Waals surface area contributed by atoms with Crippen LogP contribution < -0.4 is 10.6 Å². The lowest BCUT2D eigenvalue weighted by molar-refractivity contribution is 0.507. The zero-order valence-corrected chi connectivity index (χ0v) is 13.8. The number of aromatic nitrogens is 2. The van der Waals surface area contributed by atoms with Crippen molar-refractivity contribution in [2.45, 2.75) is 13.5 Å². The molecule has 1 aromatic heterocycles. The Labute approximate surface area is 145 Å². The van der Waals surface area contributed by atoms with E-state index in [2.05, 4.69) is 20.6 Å². The van der Waals surface area contributed by atoms with E-state index in [9.17, 15) is 8.78 Å². The highest BCUT2D eigenvalue weighted by atomic mass is 19.2. The summed E-state index contributed by atoms with van der Waals surface area (Å²) in [5, 5.41) is 6.24. The fraction of sp³-hybridized carbons (Fsp3) is 0.158. The lowest BCUT2D eigenvalue weighted by Gasteiger charge is -2.11. The van der Waals surface area contributed by atoms with Crippen molar-refractivity contribution in [2.24, 2.45) is 0 Å². The number of anilines is 2. The summed E-state index contributed by atoms with van der Waals surface area (Å²) >= 11 is 0. The number of nitrogens with one attached hydrogen (secondary N) is 2. The molecule has 0 radical (unpaired) electrons. The summed E-state index contributed by atoms with van der Waals surface area (Å²) in [6.45, 7) is 2.99. The summed E-state index contributed by atoms with van der Waals surface area (Å²) in [4.78, 5) is 8.90. The molecule has 0 unspecified atom stereocenters. The van der Waals surface area contributed by atoms with E-state index in [0.717, 1.165) is 17.3 Å². The van der Waals surface area contributed by atoms with Gasteiger partial charge < -0.3 is 10.6 Å². The first-order chi connectivity index (χ1) is 12.2. The minimum atomic E-state index is -0.861. The lowest BCUT2D eigenvalue weighted by atomic mass is 10.1. The fourth-order valence-corrected chi connectivity index (χ4v) is 2.37. The van der Waals surface area contributed by atoms with Gasteiger partial charge in [-0.15, -0.1) is 0 Å². The van der Waals surface area contributed by atoms with Crippen LogP contribution in [0.15, 0.2) is 54.6 Å². The van der Waals surface area contributed by atoms with Gasteiger partial charge in [0.2, 0.25) is 5.95 Å². The van der Waals surface area contributed by atoms with E-state index < -0.39 is 11.6 Å². The molecular weight excluding hydrogens is 322 g/mol. The minimum Gasteiger partial charge on any atom is -0.366 e. The Morgan fingerprint density at radius 1 is 0.880 bits per heavy atom. The number of halogens is 2. The molecule has 2 N–H and O–H groups in total. The van der Waals surface area contributed by atoms with Gasteiger partial charge in [0, 0.05) is 24.7 Å². The van der Waals surface area contributed by atoms with Crippen LogP contribution in [0.3, 0.4) is 0 Å². The van der Waals surface area contributed by atoms with Crippen LogP contribution in [-0.2, 0) is 6.54 Å². The molecule has 0 aliphatic carbocycles. The van der Waals surface area contributed by atoms with E-state index >= 15 is 0 Å². The molecule has 3 aromatic rings. The van der Waals surface area contributed by atoms with Crippen LogP contribution in [0.4, 0.5) is 20.5 Å². The molecule has 0 saturated carbocycles. The minimum absolute atomic E-state index is 0.327. The van der Waals surface area contributed by atoms with Crippen LogP contribution >= 0.6 is 0 Å². The Bertz CT molecular complexity index is 853. The van der Waals surface area contributed by atoms with Gasteiger partial charge in [-0.1, -0.05) is 36.4 Å². The molecule has 0 aliphatic heterocycles. The maximum absolute atomic E-state index is 13.3. The molecule has 1 heterocycles. The van der Waals surface area contributed by atoms with Crippen LogP contribution in [0, 0.1) is 11.6 Å². The average molecular weight is 340 g/mol. The zero-order chi connectivity index (χ0) is 17.6. The second-order valence-electron chi connectivity index (χ2n) is 5.46. The molecule has 3 rings (SSSR count). The Balaban J connectivity index is 1.84. The summed E-state index contributed by atoms with van der Waals surface area (Å²) in [6, 6.07) is 15.4. The van der Waals surface area contributed by atoms with Gasteiger partial charge in [0.15, 0.2) is 11.6 Å². The number of hydrogen-bond donors (Lipinski definition) is 2. The molecule has 0 aliphatic rings. The SMILES string of the molecule is CCNc1nc(NCc2ccc(F)c(F)c2)cc(-c2ccccc2)n1. The number of hydrogen-bond acceptors (Lipinski definition) is 4. The van der Waals surface area contributed by atoms with Crippen molar-refractivity contribution in [3.05, 3.63) is 71.8 Å². The molecule has 128 valence electrons. The smallest absolute Gasteiger partial charge is 0.225 e. The van der Waals surface area contributed by atoms with Gasteiger partial charge in [0.05, 0.1) is 5.69 Å². The largest absolute Gasteiger partial charge is 0.366 e. The quantitative estimate of drug-likeness (QED) is 0.695. The van der Waals surface area contributed by atoms with E-state index in [1.807, 2.05) is 43.3 Å². The summed E-state index contributed by atoms with van der Waals surface area (Å²) in [7, 11) is 0. The highest BCUT2D eigenvalue weighted by Crippen LogP contribution is 2.21. The molecule has 0 fully saturated rings. The summed E-state index contributed by atoms with van der Waals surface area (Å²) in [5.74, 6) is -0.599. The molecular formula is C19H18F2N4. The normalized spacial score (nSPS) is 10.5. The zero-order valence-electron chi connectivity index (χ0n) is 13.8. The van der Waals surface area contributed by atoms with Crippen LogP contribution in [0.1, 0.15) is 12.5 Å². The monoisotopic (exact) mass is 340 g/mol. The van der Waals surface area contributed by atoms with E-state index in [4.69, 9.17) is 0 Å². The molecule has 4 nitrogen and oxygen atoms in total. The van der Waals surface area contributed by atoms with Crippen molar-refractivity contribution in [2.75, 3.05) is 17.2 Å². The molecule has 6 heteroatoms. The van der Waals surface area contributed by atoms with Crippen molar-refractivity contribution in [1.29, 1.82) is 0 Å². The molecule has 0 spiro atoms. The fourth-order valence-electron chi connectivity index (χ4n) is 2.37. The Hall–Kier alpha value is -3.02. The average Bonchev–Trinajstić information content (AvgIpc) is 2.63. The highest BCUT2D eigenvalue weighted by molar-refractivity contribution is 5.64. The molecule has 25 heavy (non-hydrogen) atoms. The Morgan fingerprint density at radius 2 is 1.68 bits per heavy atom. The summed E-state index contributed by atoms with van der Waals surface area (Å²) in [6.07, 6.45) is 0. The maximum atomic E-state index is 13.3. The standard InChI is InChI=1S/C19H18F2N4/c1-2-22-19-24-17(14-6-4-3-5-7-14)11-18(25-19)23-12-13-8-9-15(20)16(21)10-13/h3-11H,2,12H2,1H3,(H2,22,23,24,25). The predicted molar refractivity (Wildman–Crippen MR) is 95.3 cm³/mol. The summed E-state index contributed by atoms with van der Waals surface area (Å²) in [5.41, 5.74) is 2.38. The van der Waals surface area contributed by atoms with Crippen LogP contribution in [0.25, 0.3) is 11.3 Å². The first kappa shape index (κ1) is 16.8. The van der Waals surface area contributed by atoms with E-state index in [-0.39, 0.29) is 0 Å². The topological polar surface area (TPSA) is 49.8 Å². The summed E-state index contributed by atoms with van der Waals surface area (Å²) < 4.78 is 26.3. The second kappa shape index (κ2) is 7.70. The van der Waals surface area contributed by atoms with Crippen molar-refractivity contribution in [1.82, 2.24) is 9.97 Å². The van der Waals surface area contributed by atoms with E-state index in [1.54, 1.807) is 0 Å². The molecule has 0 amide bonds. The Morgan fingerprint density at radius 3 is 2.40 bits per heavy atom. The Kier molecular flexibility index (Phi) is 5.18. The van der Waals surface area contributed by atoms with Gasteiger partial charge in [-0.25, -0.2) is 13.8 Å².